The van der Waals surface area contributed by atoms with Gasteiger partial charge in [0.1, 0.15) is 17.2 Å². The number of carbonyl (C=O) groups is 1. The van der Waals surface area contributed by atoms with Crippen molar-refractivity contribution >= 4 is 27.5 Å². The molecule has 0 saturated carbocycles. The molecule has 2 aromatic heterocycles. The molecule has 192 valence electrons. The molecule has 0 unspecified atom stereocenters. The third-order valence-corrected chi connectivity index (χ3v) is 8.03. The zero-order chi connectivity index (χ0) is 25.8. The highest BCUT2D eigenvalue weighted by Gasteiger charge is 2.23. The summed E-state index contributed by atoms with van der Waals surface area (Å²) in [6, 6.07) is 15.7. The van der Waals surface area contributed by atoms with Gasteiger partial charge in [0.25, 0.3) is 5.56 Å². The van der Waals surface area contributed by atoms with Crippen molar-refractivity contribution in [2.45, 2.75) is 45.1 Å². The van der Waals surface area contributed by atoms with Crippen LogP contribution in [0.2, 0.25) is 0 Å². The fraction of sp³-hybridized carbons (Fsp3) is 0.345. The summed E-state index contributed by atoms with van der Waals surface area (Å²) in [4.78, 5) is 33.8. The Labute approximate surface area is 220 Å². The number of nitrogens with one attached hydrogen (secondary N) is 1. The Hall–Kier alpha value is -3.65. The lowest BCUT2D eigenvalue weighted by Gasteiger charge is -2.14. The van der Waals surface area contributed by atoms with Crippen LogP contribution in [-0.2, 0) is 37.0 Å². The van der Waals surface area contributed by atoms with E-state index < -0.39 is 0 Å². The maximum Gasteiger partial charge on any atom is 0.263 e. The fourth-order valence-corrected chi connectivity index (χ4v) is 6.21. The first-order chi connectivity index (χ1) is 18.1. The molecule has 1 aliphatic carbocycles. The number of nitrogens with zero attached hydrogens (tertiary/aromatic N) is 2. The molecule has 1 aliphatic rings. The second-order valence-corrected chi connectivity index (χ2v) is 10.3. The molecule has 0 saturated heterocycles. The van der Waals surface area contributed by atoms with Crippen molar-refractivity contribution in [2.75, 3.05) is 20.8 Å². The molecule has 0 spiro atoms. The molecule has 2 aromatic carbocycles. The molecule has 0 fully saturated rings. The van der Waals surface area contributed by atoms with Gasteiger partial charge >= 0.3 is 0 Å². The lowest BCUT2D eigenvalue weighted by atomic mass is 9.97. The topological polar surface area (TPSA) is 82.5 Å². The Balaban J connectivity index is 1.38. The maximum absolute atomic E-state index is 13.8. The van der Waals surface area contributed by atoms with Crippen LogP contribution in [0.5, 0.6) is 11.5 Å². The van der Waals surface area contributed by atoms with Crippen molar-refractivity contribution in [2.24, 2.45) is 0 Å². The van der Waals surface area contributed by atoms with Gasteiger partial charge in [-0.2, -0.15) is 0 Å². The number of carbonyl (C=O) groups excluding carboxylic acids is 1. The van der Waals surface area contributed by atoms with Gasteiger partial charge in [-0.05, 0) is 60.9 Å². The molecule has 37 heavy (non-hydrogen) atoms. The highest BCUT2D eigenvalue weighted by Crippen LogP contribution is 2.34. The maximum atomic E-state index is 13.8. The number of thiophene rings is 1. The van der Waals surface area contributed by atoms with E-state index in [1.807, 2.05) is 48.5 Å². The second kappa shape index (κ2) is 11.2. The number of amides is 1. The van der Waals surface area contributed by atoms with Crippen LogP contribution in [0.25, 0.3) is 10.2 Å². The van der Waals surface area contributed by atoms with Gasteiger partial charge in [0, 0.05) is 17.8 Å². The van der Waals surface area contributed by atoms with Crippen molar-refractivity contribution in [3.05, 3.63) is 86.3 Å². The van der Waals surface area contributed by atoms with E-state index in [-0.39, 0.29) is 18.0 Å². The number of aryl methyl sites for hydroxylation is 2. The predicted molar refractivity (Wildman–Crippen MR) is 146 cm³/mol. The summed E-state index contributed by atoms with van der Waals surface area (Å²) in [7, 11) is 3.20. The van der Waals surface area contributed by atoms with Crippen molar-refractivity contribution in [1.82, 2.24) is 14.9 Å². The van der Waals surface area contributed by atoms with Gasteiger partial charge in [0.2, 0.25) is 5.91 Å². The first-order valence-electron chi connectivity index (χ1n) is 12.6. The average molecular weight is 518 g/mol. The first-order valence-corrected chi connectivity index (χ1v) is 13.4. The number of rotatable bonds is 9. The number of hydrogen-bond acceptors (Lipinski definition) is 6. The smallest absolute Gasteiger partial charge is 0.263 e. The normalized spacial score (nSPS) is 12.8. The van der Waals surface area contributed by atoms with Crippen molar-refractivity contribution < 1.29 is 14.3 Å². The molecular weight excluding hydrogens is 486 g/mol. The van der Waals surface area contributed by atoms with E-state index in [2.05, 4.69) is 5.32 Å². The van der Waals surface area contributed by atoms with Gasteiger partial charge in [0.15, 0.2) is 11.5 Å². The molecule has 5 rings (SSSR count). The summed E-state index contributed by atoms with van der Waals surface area (Å²) in [6.07, 6.45) is 5.26. The highest BCUT2D eigenvalue weighted by atomic mass is 32.1. The number of aromatic nitrogens is 2. The minimum atomic E-state index is -0.206. The molecule has 1 N–H and O–H groups in total. The van der Waals surface area contributed by atoms with Gasteiger partial charge in [-0.1, -0.05) is 36.4 Å². The molecule has 1 amide bonds. The molecular formula is C29H31N3O4S. The van der Waals surface area contributed by atoms with Crippen LogP contribution in [0, 0.1) is 0 Å². The first kappa shape index (κ1) is 25.0. The van der Waals surface area contributed by atoms with E-state index in [1.54, 1.807) is 30.1 Å². The minimum Gasteiger partial charge on any atom is -0.493 e. The quantitative estimate of drug-likeness (QED) is 0.358. The molecule has 7 nitrogen and oxygen atoms in total. The van der Waals surface area contributed by atoms with E-state index in [1.165, 1.54) is 4.88 Å². The largest absolute Gasteiger partial charge is 0.493 e. The van der Waals surface area contributed by atoms with Crippen molar-refractivity contribution in [1.29, 1.82) is 0 Å². The summed E-state index contributed by atoms with van der Waals surface area (Å²) >= 11 is 1.64. The van der Waals surface area contributed by atoms with E-state index >= 15 is 0 Å². The third kappa shape index (κ3) is 5.39. The summed E-state index contributed by atoms with van der Waals surface area (Å²) in [5, 5.41) is 3.68. The van der Waals surface area contributed by atoms with Crippen LogP contribution in [0.15, 0.2) is 53.3 Å². The number of benzene rings is 2. The van der Waals surface area contributed by atoms with Crippen LogP contribution in [0.1, 0.15) is 40.2 Å². The average Bonchev–Trinajstić information content (AvgIpc) is 3.29. The second-order valence-electron chi connectivity index (χ2n) is 9.26. The molecule has 0 bridgehead atoms. The van der Waals surface area contributed by atoms with Crippen molar-refractivity contribution in [3.8, 4) is 11.5 Å². The molecule has 8 heteroatoms. The van der Waals surface area contributed by atoms with Gasteiger partial charge in [-0.15, -0.1) is 11.3 Å². The Morgan fingerprint density at radius 2 is 1.81 bits per heavy atom. The van der Waals surface area contributed by atoms with Crippen LogP contribution in [-0.4, -0.2) is 36.2 Å². The summed E-state index contributed by atoms with van der Waals surface area (Å²) in [5.74, 6) is 1.74. The zero-order valence-corrected chi connectivity index (χ0v) is 22.0. The van der Waals surface area contributed by atoms with Crippen LogP contribution < -0.4 is 20.3 Å². The number of methoxy groups -OCH3 is 2. The third-order valence-electron chi connectivity index (χ3n) is 6.84. The molecule has 0 atom stereocenters. The van der Waals surface area contributed by atoms with Crippen LogP contribution >= 0.6 is 11.3 Å². The van der Waals surface area contributed by atoms with E-state index in [0.717, 1.165) is 47.2 Å². The van der Waals surface area contributed by atoms with Gasteiger partial charge in [-0.3, -0.25) is 14.2 Å². The van der Waals surface area contributed by atoms with E-state index in [9.17, 15) is 9.59 Å². The van der Waals surface area contributed by atoms with Crippen LogP contribution in [0.4, 0.5) is 0 Å². The number of hydrogen-bond donors (Lipinski definition) is 1. The lowest BCUT2D eigenvalue weighted by molar-refractivity contribution is -0.121. The Morgan fingerprint density at radius 1 is 1.03 bits per heavy atom. The van der Waals surface area contributed by atoms with Crippen LogP contribution in [0.3, 0.4) is 0 Å². The van der Waals surface area contributed by atoms with Gasteiger partial charge < -0.3 is 14.8 Å². The van der Waals surface area contributed by atoms with E-state index in [0.29, 0.717) is 42.1 Å². The molecule has 4 aromatic rings. The Kier molecular flexibility index (Phi) is 7.55. The predicted octanol–water partition coefficient (Wildman–Crippen LogP) is 4.30. The lowest BCUT2D eigenvalue weighted by Crippen LogP contribution is -2.35. The van der Waals surface area contributed by atoms with Gasteiger partial charge in [0.05, 0.1) is 19.6 Å². The summed E-state index contributed by atoms with van der Waals surface area (Å²) < 4.78 is 12.2. The number of fused-ring (bicyclic) bond motifs is 3. The molecule has 0 aliphatic heterocycles. The highest BCUT2D eigenvalue weighted by molar-refractivity contribution is 7.18. The zero-order valence-electron chi connectivity index (χ0n) is 21.2. The van der Waals surface area contributed by atoms with Crippen molar-refractivity contribution in [3.63, 3.8) is 0 Å². The Morgan fingerprint density at radius 3 is 2.59 bits per heavy atom. The Bertz CT molecular complexity index is 1480. The monoisotopic (exact) mass is 517 g/mol. The fourth-order valence-electron chi connectivity index (χ4n) is 4.94. The van der Waals surface area contributed by atoms with Gasteiger partial charge in [-0.25, -0.2) is 4.98 Å². The SMILES string of the molecule is COc1ccc(CCNC(=O)Cn2c(Cc3ccccc3)nc3sc4c(c3c2=O)CCCC4)cc1OC. The summed E-state index contributed by atoms with van der Waals surface area (Å²) in [6.45, 7) is 0.390. The van der Waals surface area contributed by atoms with E-state index in [4.69, 9.17) is 14.5 Å². The molecule has 2 heterocycles. The number of ether oxygens (including phenoxy) is 2. The molecule has 0 radical (unpaired) electrons. The summed E-state index contributed by atoms with van der Waals surface area (Å²) in [5.41, 5.74) is 3.11. The minimum absolute atomic E-state index is 0.0551. The standard InChI is InChI=1S/C29H31N3O4S/c1-35-22-13-12-20(16-23(22)36-2)14-15-30-26(33)18-32-25(17-19-8-4-3-5-9-19)31-28-27(29(32)34)21-10-6-7-11-24(21)37-28/h3-5,8-9,12-13,16H,6-7,10-11,14-15,17-18H2,1-2H3,(H,30,33).